The number of hydrogen-bond donors (Lipinski definition) is 1. The van der Waals surface area contributed by atoms with Gasteiger partial charge in [0.2, 0.25) is 0 Å². The molecular weight excluding hydrogens is 136 g/mol. The van der Waals surface area contributed by atoms with Crippen molar-refractivity contribution in [2.24, 2.45) is 5.92 Å². The molecule has 1 heteroatoms. The van der Waals surface area contributed by atoms with Crippen LogP contribution in [0.15, 0.2) is 12.2 Å². The molecule has 0 radical (unpaired) electrons. The number of rotatable bonds is 2. The van der Waals surface area contributed by atoms with Gasteiger partial charge >= 0.3 is 0 Å². The Morgan fingerprint density at radius 3 is 2.45 bits per heavy atom. The standard InChI is InChI=1S/C10H18O/c1-2-3-4-9-5-7-10(11)8-6-9/h3-4,9-11H,2,5-8H2,1H3/t9-,10-. The summed E-state index contributed by atoms with van der Waals surface area (Å²) in [5.74, 6) is 0.748. The molecule has 1 N–H and O–H groups in total. The number of allylic oxidation sites excluding steroid dienone is 2. The Labute approximate surface area is 69.1 Å². The van der Waals surface area contributed by atoms with E-state index in [1.165, 1.54) is 12.8 Å². The summed E-state index contributed by atoms with van der Waals surface area (Å²) >= 11 is 0. The summed E-state index contributed by atoms with van der Waals surface area (Å²) in [6.07, 6.45) is 10.0. The van der Waals surface area contributed by atoms with Crippen LogP contribution < -0.4 is 0 Å². The van der Waals surface area contributed by atoms with Crippen LogP contribution in [0.3, 0.4) is 0 Å². The zero-order valence-corrected chi connectivity index (χ0v) is 7.29. The second-order valence-corrected chi connectivity index (χ2v) is 3.41. The second kappa shape index (κ2) is 4.55. The van der Waals surface area contributed by atoms with E-state index in [-0.39, 0.29) is 6.10 Å². The summed E-state index contributed by atoms with van der Waals surface area (Å²) in [5.41, 5.74) is 0. The van der Waals surface area contributed by atoms with Crippen molar-refractivity contribution < 1.29 is 5.11 Å². The Morgan fingerprint density at radius 2 is 1.91 bits per heavy atom. The zero-order chi connectivity index (χ0) is 8.10. The topological polar surface area (TPSA) is 20.2 Å². The molecule has 0 unspecified atom stereocenters. The Hall–Kier alpha value is -0.300. The van der Waals surface area contributed by atoms with Crippen molar-refractivity contribution in [2.75, 3.05) is 0 Å². The minimum atomic E-state index is -0.0127. The first kappa shape index (κ1) is 8.79. The van der Waals surface area contributed by atoms with Gasteiger partial charge in [0, 0.05) is 0 Å². The number of aliphatic hydroxyl groups excluding tert-OH is 1. The van der Waals surface area contributed by atoms with E-state index in [0.717, 1.165) is 25.2 Å². The normalized spacial score (nSPS) is 32.9. The van der Waals surface area contributed by atoms with Crippen LogP contribution in [0.4, 0.5) is 0 Å². The van der Waals surface area contributed by atoms with Crippen LogP contribution in [-0.2, 0) is 0 Å². The fraction of sp³-hybridized carbons (Fsp3) is 0.800. The monoisotopic (exact) mass is 154 g/mol. The third-order valence-corrected chi connectivity index (χ3v) is 2.39. The third-order valence-electron chi connectivity index (χ3n) is 2.39. The predicted molar refractivity (Wildman–Crippen MR) is 47.4 cm³/mol. The molecule has 0 atom stereocenters. The minimum Gasteiger partial charge on any atom is -0.393 e. The summed E-state index contributed by atoms with van der Waals surface area (Å²) in [7, 11) is 0. The maximum Gasteiger partial charge on any atom is 0.0540 e. The van der Waals surface area contributed by atoms with Crippen molar-refractivity contribution in [2.45, 2.75) is 45.1 Å². The molecule has 1 fully saturated rings. The van der Waals surface area contributed by atoms with Crippen molar-refractivity contribution in [3.05, 3.63) is 12.2 Å². The van der Waals surface area contributed by atoms with E-state index in [4.69, 9.17) is 0 Å². The summed E-state index contributed by atoms with van der Waals surface area (Å²) < 4.78 is 0. The quantitative estimate of drug-likeness (QED) is 0.606. The number of hydrogen-bond acceptors (Lipinski definition) is 1. The van der Waals surface area contributed by atoms with Crippen LogP contribution in [-0.4, -0.2) is 11.2 Å². The zero-order valence-electron chi connectivity index (χ0n) is 7.29. The molecule has 0 bridgehead atoms. The lowest BCUT2D eigenvalue weighted by molar-refractivity contribution is 0.118. The molecule has 0 saturated heterocycles. The molecule has 0 aromatic carbocycles. The molecule has 1 aliphatic rings. The summed E-state index contributed by atoms with van der Waals surface area (Å²) in [6.45, 7) is 2.16. The molecule has 1 saturated carbocycles. The van der Waals surface area contributed by atoms with Crippen LogP contribution >= 0.6 is 0 Å². The van der Waals surface area contributed by atoms with Crippen LogP contribution in [0.2, 0.25) is 0 Å². The van der Waals surface area contributed by atoms with Gasteiger partial charge in [-0.3, -0.25) is 0 Å². The lowest BCUT2D eigenvalue weighted by Crippen LogP contribution is -2.16. The predicted octanol–water partition coefficient (Wildman–Crippen LogP) is 2.50. The highest BCUT2D eigenvalue weighted by atomic mass is 16.3. The summed E-state index contributed by atoms with van der Waals surface area (Å²) in [4.78, 5) is 0. The van der Waals surface area contributed by atoms with Crippen molar-refractivity contribution in [1.82, 2.24) is 0 Å². The fourth-order valence-electron chi connectivity index (χ4n) is 1.62. The molecule has 0 amide bonds. The molecule has 0 spiro atoms. The van der Waals surface area contributed by atoms with Gasteiger partial charge in [0.25, 0.3) is 0 Å². The van der Waals surface area contributed by atoms with Gasteiger partial charge in [-0.25, -0.2) is 0 Å². The van der Waals surface area contributed by atoms with Crippen LogP contribution in [0.25, 0.3) is 0 Å². The molecule has 11 heavy (non-hydrogen) atoms. The molecular formula is C10H18O. The van der Waals surface area contributed by atoms with Gasteiger partial charge in [-0.1, -0.05) is 19.1 Å². The van der Waals surface area contributed by atoms with Gasteiger partial charge in [0.05, 0.1) is 6.10 Å². The average molecular weight is 154 g/mol. The molecule has 0 aromatic rings. The van der Waals surface area contributed by atoms with Crippen LogP contribution in [0.5, 0.6) is 0 Å². The lowest BCUT2D eigenvalue weighted by atomic mass is 9.87. The molecule has 1 nitrogen and oxygen atoms in total. The van der Waals surface area contributed by atoms with Crippen molar-refractivity contribution in [1.29, 1.82) is 0 Å². The second-order valence-electron chi connectivity index (χ2n) is 3.41. The Bertz CT molecular complexity index is 121. The lowest BCUT2D eigenvalue weighted by Gasteiger charge is -2.22. The molecule has 0 aromatic heterocycles. The van der Waals surface area contributed by atoms with E-state index < -0.39 is 0 Å². The Morgan fingerprint density at radius 1 is 1.27 bits per heavy atom. The largest absolute Gasteiger partial charge is 0.393 e. The van der Waals surface area contributed by atoms with Gasteiger partial charge in [-0.2, -0.15) is 0 Å². The molecule has 1 aliphatic carbocycles. The highest BCUT2D eigenvalue weighted by Crippen LogP contribution is 2.24. The first-order valence-electron chi connectivity index (χ1n) is 4.67. The number of aliphatic hydroxyl groups is 1. The van der Waals surface area contributed by atoms with Crippen LogP contribution in [0.1, 0.15) is 39.0 Å². The van der Waals surface area contributed by atoms with E-state index >= 15 is 0 Å². The maximum atomic E-state index is 9.23. The summed E-state index contributed by atoms with van der Waals surface area (Å²) in [5, 5.41) is 9.23. The highest BCUT2D eigenvalue weighted by molar-refractivity contribution is 4.90. The van der Waals surface area contributed by atoms with Gasteiger partial charge in [-0.05, 0) is 38.0 Å². The van der Waals surface area contributed by atoms with Gasteiger partial charge < -0.3 is 5.11 Å². The SMILES string of the molecule is CCC=C[C@H]1CC[C@H](O)CC1. The van der Waals surface area contributed by atoms with E-state index in [9.17, 15) is 5.11 Å². The van der Waals surface area contributed by atoms with Crippen LogP contribution in [0, 0.1) is 5.92 Å². The van der Waals surface area contributed by atoms with E-state index in [1.807, 2.05) is 0 Å². The molecule has 0 aliphatic heterocycles. The van der Waals surface area contributed by atoms with Crippen molar-refractivity contribution in [3.8, 4) is 0 Å². The van der Waals surface area contributed by atoms with Gasteiger partial charge in [-0.15, -0.1) is 0 Å². The van der Waals surface area contributed by atoms with Gasteiger partial charge in [0.1, 0.15) is 0 Å². The average Bonchev–Trinajstić information content (AvgIpc) is 2.04. The molecule has 1 rings (SSSR count). The molecule has 0 heterocycles. The minimum absolute atomic E-state index is 0.0127. The summed E-state index contributed by atoms with van der Waals surface area (Å²) in [6, 6.07) is 0. The van der Waals surface area contributed by atoms with E-state index in [0.29, 0.717) is 0 Å². The fourth-order valence-corrected chi connectivity index (χ4v) is 1.62. The molecule has 64 valence electrons. The smallest absolute Gasteiger partial charge is 0.0540 e. The maximum absolute atomic E-state index is 9.23. The Balaban J connectivity index is 2.22. The van der Waals surface area contributed by atoms with Gasteiger partial charge in [0.15, 0.2) is 0 Å². The van der Waals surface area contributed by atoms with E-state index in [2.05, 4.69) is 19.1 Å². The van der Waals surface area contributed by atoms with E-state index in [1.54, 1.807) is 0 Å². The highest BCUT2D eigenvalue weighted by Gasteiger charge is 2.16. The first-order chi connectivity index (χ1) is 5.33. The van der Waals surface area contributed by atoms with Crippen molar-refractivity contribution >= 4 is 0 Å². The Kier molecular flexibility index (Phi) is 3.64. The van der Waals surface area contributed by atoms with Crippen molar-refractivity contribution in [3.63, 3.8) is 0 Å². The third kappa shape index (κ3) is 3.06. The first-order valence-corrected chi connectivity index (χ1v) is 4.67.